The van der Waals surface area contributed by atoms with Gasteiger partial charge in [0.2, 0.25) is 0 Å². The molecule has 4 aliphatic rings. The summed E-state index contributed by atoms with van der Waals surface area (Å²) in [4.78, 5) is 10.1. The second-order valence-corrected chi connectivity index (χ2v) is 18.7. The summed E-state index contributed by atoms with van der Waals surface area (Å²) < 4.78 is 0. The van der Waals surface area contributed by atoms with Gasteiger partial charge in [-0.1, -0.05) is 149 Å². The number of rotatable bonds is 2. The molecule has 0 aromatic heterocycles. The van der Waals surface area contributed by atoms with Crippen LogP contribution in [0.2, 0.25) is 0 Å². The number of allylic oxidation sites excluding steroid dienone is 1. The molecule has 50 heavy (non-hydrogen) atoms. The maximum atomic E-state index is 5.04. The Morgan fingerprint density at radius 2 is 0.700 bits per heavy atom. The average molecular weight is 905 g/mol. The zero-order valence-corrected chi connectivity index (χ0v) is 36.7. The van der Waals surface area contributed by atoms with E-state index in [1.807, 2.05) is 97.1 Å². The third-order valence-corrected chi connectivity index (χ3v) is 7.96. The first-order valence-corrected chi connectivity index (χ1v) is 28.9. The molecular formula is C40H44Cl4N4Zr2. The number of aliphatic imine (C=N–C) groups is 2. The molecule has 0 bridgehead atoms. The Labute approximate surface area is 337 Å². The van der Waals surface area contributed by atoms with Crippen molar-refractivity contribution in [3.63, 3.8) is 0 Å². The molecule has 0 saturated heterocycles. The predicted octanol–water partition coefficient (Wildman–Crippen LogP) is 15.4. The largest absolute Gasteiger partial charge is 0.677 e. The van der Waals surface area contributed by atoms with Gasteiger partial charge in [0.1, 0.15) is 0 Å². The van der Waals surface area contributed by atoms with Crippen molar-refractivity contribution in [2.24, 2.45) is 9.98 Å². The van der Waals surface area contributed by atoms with E-state index in [1.54, 1.807) is 0 Å². The quantitative estimate of drug-likeness (QED) is 0.180. The third kappa shape index (κ3) is 14.1. The summed E-state index contributed by atoms with van der Waals surface area (Å²) in [5.74, 6) is 0.645. The molecule has 260 valence electrons. The first kappa shape index (κ1) is 44.6. The van der Waals surface area contributed by atoms with Crippen molar-refractivity contribution in [3.05, 3.63) is 157 Å². The molecule has 0 amide bonds. The zero-order valence-electron chi connectivity index (χ0n) is 28.8. The zero-order chi connectivity index (χ0) is 33.8. The molecular weight excluding hydrogens is 861 g/mol. The number of hydrogen-bond donors (Lipinski definition) is 0. The molecule has 4 aromatic carbocycles. The summed E-state index contributed by atoms with van der Waals surface area (Å²) >= 11 is -1.65. The molecule has 2 saturated carbocycles. The van der Waals surface area contributed by atoms with E-state index in [4.69, 9.17) is 54.7 Å². The molecule has 0 radical (unpaired) electrons. The van der Waals surface area contributed by atoms with Gasteiger partial charge in [0.25, 0.3) is 0 Å². The third-order valence-electron chi connectivity index (χ3n) is 7.96. The van der Waals surface area contributed by atoms with E-state index in [-0.39, 0.29) is 14.9 Å². The van der Waals surface area contributed by atoms with Crippen molar-refractivity contribution in [1.29, 1.82) is 0 Å². The minimum absolute atomic E-state index is 0. The molecule has 0 atom stereocenters. The van der Waals surface area contributed by atoms with Gasteiger partial charge in [-0.3, -0.25) is 0 Å². The fourth-order valence-electron chi connectivity index (χ4n) is 5.77. The van der Waals surface area contributed by atoms with Crippen LogP contribution >= 0.6 is 34.1 Å². The maximum Gasteiger partial charge on any atom is 0.0780 e. The molecule has 0 spiro atoms. The van der Waals surface area contributed by atoms with E-state index < -0.39 is 41.7 Å². The first-order chi connectivity index (χ1) is 23.7. The number of para-hydroxylation sites is 4. The van der Waals surface area contributed by atoms with Gasteiger partial charge in [-0.2, -0.15) is 11.4 Å². The van der Waals surface area contributed by atoms with Gasteiger partial charge in [0.05, 0.1) is 22.8 Å². The smallest absolute Gasteiger partial charge is 0.0780 e. The summed E-state index contributed by atoms with van der Waals surface area (Å²) in [6, 6.07) is 36.1. The van der Waals surface area contributed by atoms with Gasteiger partial charge in [0.15, 0.2) is 0 Å². The van der Waals surface area contributed by atoms with Crippen LogP contribution in [0.1, 0.15) is 75.3 Å². The summed E-state index contributed by atoms with van der Waals surface area (Å²) in [5, 5.41) is 9.70. The van der Waals surface area contributed by atoms with Crippen LogP contribution in [0.3, 0.4) is 0 Å². The van der Waals surface area contributed by atoms with Crippen LogP contribution in [0, 0.1) is 14.9 Å². The standard InChI is InChI=1S/C28H18N4.2C5H10.2CH3.4ClH.2Zr/c1-3-11-19(12-4-1)29-26-21-15-7-8-16-22(21)27(30-20-13-5-2-6-14-20)25(26)28-31-23-17-9-10-18-24(23)32-28;2*1-2-4-5-3-1;;;;;;;;/h1-18H;2*1-5H2;2*1H3;4*1H;;/q-2;;;2*-1;;;;;2*+4/p-4. The van der Waals surface area contributed by atoms with Crippen LogP contribution in [-0.4, -0.2) is 11.4 Å². The molecule has 0 N–H and O–H groups in total. The van der Waals surface area contributed by atoms with Crippen LogP contribution in [0.4, 0.5) is 22.7 Å². The molecule has 4 aromatic rings. The molecule has 1 heterocycles. The van der Waals surface area contributed by atoms with Crippen LogP contribution < -0.4 is 0 Å². The molecule has 2 fully saturated rings. The number of nitrogens with zero attached hydrogens (tertiary/aromatic N) is 4. The number of benzene rings is 4. The minimum Gasteiger partial charge on any atom is -0.677 e. The number of halogens is 4. The van der Waals surface area contributed by atoms with E-state index in [0.29, 0.717) is 5.82 Å². The summed E-state index contributed by atoms with van der Waals surface area (Å²) in [6.45, 7) is 0. The predicted molar refractivity (Wildman–Crippen MR) is 214 cm³/mol. The monoisotopic (exact) mass is 900 g/mol. The van der Waals surface area contributed by atoms with Gasteiger partial charge in [-0.05, 0) is 29.8 Å². The fraction of sp³-hybridized carbons (Fsp3) is 0.250. The Balaban J connectivity index is 0.000000402. The molecule has 4 nitrogen and oxygen atoms in total. The molecule has 8 rings (SSSR count). The van der Waals surface area contributed by atoms with Crippen LogP contribution in [0.25, 0.3) is 10.6 Å². The van der Waals surface area contributed by atoms with E-state index in [0.717, 1.165) is 50.9 Å². The van der Waals surface area contributed by atoms with Crippen molar-refractivity contribution in [2.45, 2.75) is 64.2 Å². The SMILES string of the molecule is C1CCCC1.C1CCCC1.[CH3-].[CH3-].[Cl][Zr+2][Cl].[Cl][Zr+2][Cl].c1ccc(N=C2C(=C3[N-]c4ccccc4[N-]3)C(=Nc3ccccc3)c3ccccc32)cc1. The fourth-order valence-corrected chi connectivity index (χ4v) is 5.77. The molecule has 0 unspecified atom stereocenters. The Morgan fingerprint density at radius 3 is 1.02 bits per heavy atom. The second kappa shape index (κ2) is 26.3. The van der Waals surface area contributed by atoms with E-state index >= 15 is 0 Å². The second-order valence-electron chi connectivity index (χ2n) is 11.2. The summed E-state index contributed by atoms with van der Waals surface area (Å²) in [5.41, 5.74) is 8.11. The Hall–Kier alpha value is -1.51. The molecule has 3 aliphatic carbocycles. The Morgan fingerprint density at radius 1 is 0.420 bits per heavy atom. The van der Waals surface area contributed by atoms with Crippen LogP contribution in [0.15, 0.2) is 131 Å². The normalized spacial score (nSPS) is 15.8. The summed E-state index contributed by atoms with van der Waals surface area (Å²) in [6.07, 6.45) is 15.0. The first-order valence-electron chi connectivity index (χ1n) is 16.3. The van der Waals surface area contributed by atoms with Crippen LogP contribution in [-0.2, 0) is 41.7 Å². The summed E-state index contributed by atoms with van der Waals surface area (Å²) in [7, 11) is 19.7. The van der Waals surface area contributed by atoms with Crippen molar-refractivity contribution in [1.82, 2.24) is 0 Å². The number of fused-ring (bicyclic) bond motifs is 2. The van der Waals surface area contributed by atoms with E-state index in [2.05, 4.69) is 12.1 Å². The topological polar surface area (TPSA) is 52.9 Å². The van der Waals surface area contributed by atoms with Gasteiger partial charge in [-0.25, -0.2) is 15.8 Å². The van der Waals surface area contributed by atoms with E-state index in [9.17, 15) is 0 Å². The Kier molecular flexibility index (Phi) is 23.5. The van der Waals surface area contributed by atoms with Crippen molar-refractivity contribution < 1.29 is 41.7 Å². The van der Waals surface area contributed by atoms with Crippen LogP contribution in [0.5, 0.6) is 0 Å². The Bertz CT molecular complexity index is 1490. The van der Waals surface area contributed by atoms with Gasteiger partial charge in [0, 0.05) is 11.1 Å². The number of hydrogen-bond acceptors (Lipinski definition) is 2. The van der Waals surface area contributed by atoms with Crippen molar-refractivity contribution >= 4 is 68.2 Å². The van der Waals surface area contributed by atoms with Crippen molar-refractivity contribution in [2.75, 3.05) is 0 Å². The molecule has 1 aliphatic heterocycles. The van der Waals surface area contributed by atoms with Gasteiger partial charge < -0.3 is 25.5 Å². The van der Waals surface area contributed by atoms with E-state index in [1.165, 1.54) is 64.2 Å². The van der Waals surface area contributed by atoms with Crippen molar-refractivity contribution in [3.8, 4) is 0 Å². The van der Waals surface area contributed by atoms with Gasteiger partial charge in [-0.15, -0.1) is 0 Å². The van der Waals surface area contributed by atoms with Gasteiger partial charge >= 0.3 is 75.7 Å². The maximum absolute atomic E-state index is 5.04. The minimum atomic E-state index is -0.826. The molecule has 10 heteroatoms. The average Bonchev–Trinajstić information content (AvgIpc) is 3.96.